The first kappa shape index (κ1) is 16.9. The van der Waals surface area contributed by atoms with Crippen molar-refractivity contribution in [2.75, 3.05) is 10.6 Å². The minimum absolute atomic E-state index is 0.0908. The molecule has 0 fully saturated rings. The number of anilines is 2. The molecule has 2 aromatic heterocycles. The van der Waals surface area contributed by atoms with Gasteiger partial charge >= 0.3 is 0 Å². The molecule has 0 spiro atoms. The summed E-state index contributed by atoms with van der Waals surface area (Å²) in [6, 6.07) is 12.0. The number of amides is 2. The van der Waals surface area contributed by atoms with Gasteiger partial charge in [-0.15, -0.1) is 0 Å². The third-order valence-corrected chi connectivity index (χ3v) is 4.79. The van der Waals surface area contributed by atoms with Gasteiger partial charge in [-0.3, -0.25) is 19.7 Å². The standard InChI is InChI=1S/C19H13N3O4S/c1-10(23)20-11-6-7-14-16(8-11)27-19(21-14)22-18(25)13-9-26-15-5-3-2-4-12(15)17(13)24/h2-9H,1H3,(H,20,23)(H,21,22,25). The van der Waals surface area contributed by atoms with Crippen molar-refractivity contribution in [3.63, 3.8) is 0 Å². The number of thiazole rings is 1. The molecule has 27 heavy (non-hydrogen) atoms. The number of hydrogen-bond donors (Lipinski definition) is 2. The molecule has 0 aliphatic rings. The smallest absolute Gasteiger partial charge is 0.264 e. The highest BCUT2D eigenvalue weighted by atomic mass is 32.1. The summed E-state index contributed by atoms with van der Waals surface area (Å²) in [4.78, 5) is 40.5. The van der Waals surface area contributed by atoms with E-state index in [2.05, 4.69) is 15.6 Å². The lowest BCUT2D eigenvalue weighted by atomic mass is 10.1. The van der Waals surface area contributed by atoms with Crippen LogP contribution >= 0.6 is 11.3 Å². The van der Waals surface area contributed by atoms with Crippen LogP contribution in [0.3, 0.4) is 0 Å². The highest BCUT2D eigenvalue weighted by Crippen LogP contribution is 2.28. The highest BCUT2D eigenvalue weighted by Gasteiger charge is 2.16. The number of carbonyl (C=O) groups is 2. The van der Waals surface area contributed by atoms with E-state index in [9.17, 15) is 14.4 Å². The lowest BCUT2D eigenvalue weighted by molar-refractivity contribution is -0.114. The molecule has 0 bridgehead atoms. The molecule has 2 N–H and O–H groups in total. The average Bonchev–Trinajstić information content (AvgIpc) is 3.03. The van der Waals surface area contributed by atoms with Crippen molar-refractivity contribution >= 4 is 55.2 Å². The van der Waals surface area contributed by atoms with Crippen LogP contribution < -0.4 is 16.1 Å². The first-order valence-corrected chi connectivity index (χ1v) is 8.83. The second kappa shape index (κ2) is 6.65. The molecule has 0 aliphatic carbocycles. The number of hydrogen-bond acceptors (Lipinski definition) is 6. The predicted molar refractivity (Wildman–Crippen MR) is 104 cm³/mol. The van der Waals surface area contributed by atoms with Crippen LogP contribution in [0.15, 0.2) is 57.9 Å². The molecule has 4 rings (SSSR count). The number of rotatable bonds is 3. The summed E-state index contributed by atoms with van der Waals surface area (Å²) in [7, 11) is 0. The summed E-state index contributed by atoms with van der Waals surface area (Å²) in [5, 5.41) is 6.02. The maximum atomic E-state index is 12.5. The molecule has 0 atom stereocenters. The van der Waals surface area contributed by atoms with Gasteiger partial charge in [0.1, 0.15) is 17.4 Å². The lowest BCUT2D eigenvalue weighted by Crippen LogP contribution is -2.21. The molecular weight excluding hydrogens is 366 g/mol. The average molecular weight is 379 g/mol. The zero-order valence-corrected chi connectivity index (χ0v) is 14.9. The first-order chi connectivity index (χ1) is 13.0. The van der Waals surface area contributed by atoms with E-state index in [0.717, 1.165) is 11.0 Å². The largest absolute Gasteiger partial charge is 0.463 e. The fourth-order valence-electron chi connectivity index (χ4n) is 2.66. The van der Waals surface area contributed by atoms with Crippen LogP contribution in [0.1, 0.15) is 17.3 Å². The maximum Gasteiger partial charge on any atom is 0.264 e. The molecule has 0 saturated carbocycles. The number of fused-ring (bicyclic) bond motifs is 2. The Hall–Kier alpha value is -3.52. The van der Waals surface area contributed by atoms with Gasteiger partial charge in [0.2, 0.25) is 11.3 Å². The summed E-state index contributed by atoms with van der Waals surface area (Å²) < 4.78 is 6.17. The Balaban J connectivity index is 1.64. The van der Waals surface area contributed by atoms with Crippen LogP contribution in [-0.2, 0) is 4.79 Å². The SMILES string of the molecule is CC(=O)Nc1ccc2nc(NC(=O)c3coc4ccccc4c3=O)sc2c1. The van der Waals surface area contributed by atoms with E-state index in [-0.39, 0.29) is 11.5 Å². The van der Waals surface area contributed by atoms with E-state index in [4.69, 9.17) is 4.42 Å². The summed E-state index contributed by atoms with van der Waals surface area (Å²) in [6.07, 6.45) is 1.15. The van der Waals surface area contributed by atoms with Crippen molar-refractivity contribution in [1.29, 1.82) is 0 Å². The van der Waals surface area contributed by atoms with Crippen LogP contribution in [0, 0.1) is 0 Å². The summed E-state index contributed by atoms with van der Waals surface area (Å²) in [5.74, 6) is -0.758. The van der Waals surface area contributed by atoms with Crippen molar-refractivity contribution in [1.82, 2.24) is 4.98 Å². The molecule has 134 valence electrons. The Morgan fingerprint density at radius 1 is 1.11 bits per heavy atom. The van der Waals surface area contributed by atoms with Crippen LogP contribution in [0.5, 0.6) is 0 Å². The molecule has 2 aromatic carbocycles. The van der Waals surface area contributed by atoms with Gasteiger partial charge in [-0.25, -0.2) is 4.98 Å². The van der Waals surface area contributed by atoms with Crippen LogP contribution in [0.25, 0.3) is 21.2 Å². The zero-order valence-electron chi connectivity index (χ0n) is 14.1. The monoisotopic (exact) mass is 379 g/mol. The normalized spacial score (nSPS) is 10.9. The van der Waals surface area contributed by atoms with Crippen LogP contribution in [0.4, 0.5) is 10.8 Å². The minimum atomic E-state index is -0.587. The van der Waals surface area contributed by atoms with Gasteiger partial charge in [-0.05, 0) is 30.3 Å². The summed E-state index contributed by atoms with van der Waals surface area (Å²) in [5.41, 5.74) is 1.25. The Labute approximate surface area is 156 Å². The van der Waals surface area contributed by atoms with E-state index in [1.165, 1.54) is 18.3 Å². The van der Waals surface area contributed by atoms with Crippen LogP contribution in [-0.4, -0.2) is 16.8 Å². The van der Waals surface area contributed by atoms with E-state index in [1.807, 2.05) is 0 Å². The molecule has 7 nitrogen and oxygen atoms in total. The molecule has 0 saturated heterocycles. The number of nitrogens with zero attached hydrogens (tertiary/aromatic N) is 1. The molecule has 0 radical (unpaired) electrons. The Morgan fingerprint density at radius 3 is 2.74 bits per heavy atom. The van der Waals surface area contributed by atoms with Crippen LogP contribution in [0.2, 0.25) is 0 Å². The number of benzene rings is 2. The number of nitrogens with one attached hydrogen (secondary N) is 2. The molecule has 0 aliphatic heterocycles. The molecular formula is C19H13N3O4S. The third kappa shape index (κ3) is 3.30. The van der Waals surface area contributed by atoms with Gasteiger partial charge in [0.05, 0.1) is 15.6 Å². The molecule has 2 amide bonds. The second-order valence-corrected chi connectivity index (χ2v) is 6.84. The molecule has 2 heterocycles. The van der Waals surface area contributed by atoms with E-state index in [1.54, 1.807) is 42.5 Å². The molecule has 0 unspecified atom stereocenters. The number of aromatic nitrogens is 1. The van der Waals surface area contributed by atoms with Crippen molar-refractivity contribution in [2.24, 2.45) is 0 Å². The van der Waals surface area contributed by atoms with Gasteiger partial charge < -0.3 is 9.73 Å². The van der Waals surface area contributed by atoms with E-state index >= 15 is 0 Å². The maximum absolute atomic E-state index is 12.5. The number of para-hydroxylation sites is 1. The molecule has 4 aromatic rings. The fourth-order valence-corrected chi connectivity index (χ4v) is 3.56. The minimum Gasteiger partial charge on any atom is -0.463 e. The fraction of sp³-hybridized carbons (Fsp3) is 0.0526. The highest BCUT2D eigenvalue weighted by molar-refractivity contribution is 7.22. The van der Waals surface area contributed by atoms with Gasteiger partial charge in [-0.1, -0.05) is 23.5 Å². The Bertz CT molecular complexity index is 1260. The Morgan fingerprint density at radius 2 is 1.93 bits per heavy atom. The quantitative estimate of drug-likeness (QED) is 0.566. The first-order valence-electron chi connectivity index (χ1n) is 8.01. The lowest BCUT2D eigenvalue weighted by Gasteiger charge is -2.02. The van der Waals surface area contributed by atoms with E-state index in [0.29, 0.717) is 27.3 Å². The predicted octanol–water partition coefficient (Wildman–Crippen LogP) is 3.61. The third-order valence-electron chi connectivity index (χ3n) is 3.85. The van der Waals surface area contributed by atoms with E-state index < -0.39 is 11.3 Å². The van der Waals surface area contributed by atoms with Crippen molar-refractivity contribution in [3.8, 4) is 0 Å². The zero-order chi connectivity index (χ0) is 19.0. The number of carbonyl (C=O) groups excluding carboxylic acids is 2. The van der Waals surface area contributed by atoms with Crippen molar-refractivity contribution in [3.05, 3.63) is 64.5 Å². The topological polar surface area (TPSA) is 101 Å². The summed E-state index contributed by atoms with van der Waals surface area (Å²) in [6.45, 7) is 1.43. The van der Waals surface area contributed by atoms with Gasteiger partial charge in [0.15, 0.2) is 5.13 Å². The Kier molecular flexibility index (Phi) is 4.17. The van der Waals surface area contributed by atoms with Crippen molar-refractivity contribution in [2.45, 2.75) is 6.92 Å². The van der Waals surface area contributed by atoms with Gasteiger partial charge in [0, 0.05) is 12.6 Å². The van der Waals surface area contributed by atoms with Gasteiger partial charge in [-0.2, -0.15) is 0 Å². The summed E-state index contributed by atoms with van der Waals surface area (Å²) >= 11 is 1.24. The molecule has 8 heteroatoms. The van der Waals surface area contributed by atoms with Gasteiger partial charge in [0.25, 0.3) is 5.91 Å². The van der Waals surface area contributed by atoms with Crippen molar-refractivity contribution < 1.29 is 14.0 Å². The second-order valence-electron chi connectivity index (χ2n) is 5.81.